The second kappa shape index (κ2) is 13.8. The van der Waals surface area contributed by atoms with Crippen molar-refractivity contribution in [2.24, 2.45) is 46.3 Å². The van der Waals surface area contributed by atoms with Gasteiger partial charge in [-0.1, -0.05) is 52.2 Å². The molecule has 5 aliphatic rings. The molecule has 4 fully saturated rings. The van der Waals surface area contributed by atoms with Crippen molar-refractivity contribution >= 4 is 5.97 Å². The Balaban J connectivity index is 1.39. The summed E-state index contributed by atoms with van der Waals surface area (Å²) in [4.78, 5) is 11.2. The van der Waals surface area contributed by atoms with Crippen LogP contribution in [-0.2, 0) is 19.0 Å². The van der Waals surface area contributed by atoms with Crippen LogP contribution in [0.2, 0.25) is 0 Å². The smallest absolute Gasteiger partial charge is 0.302 e. The molecule has 0 aromatic carbocycles. The zero-order valence-electron chi connectivity index (χ0n) is 27.8. The molecule has 1 heterocycles. The summed E-state index contributed by atoms with van der Waals surface area (Å²) in [5, 5.41) is 64.0. The van der Waals surface area contributed by atoms with Gasteiger partial charge in [0.15, 0.2) is 6.29 Å². The summed E-state index contributed by atoms with van der Waals surface area (Å²) in [6.45, 7) is 10.4. The van der Waals surface area contributed by atoms with Gasteiger partial charge < -0.3 is 44.8 Å². The molecule has 0 spiro atoms. The number of fused-ring (bicyclic) bond motifs is 5. The fraction of sp³-hybridized carbons (Fsp3) is 0.914. The Bertz CT molecular complexity index is 1070. The maximum absolute atomic E-state index is 11.9. The van der Waals surface area contributed by atoms with Crippen molar-refractivity contribution < 1.29 is 49.6 Å². The van der Waals surface area contributed by atoms with Gasteiger partial charge in [-0.15, -0.1) is 0 Å². The maximum Gasteiger partial charge on any atom is 0.302 e. The van der Waals surface area contributed by atoms with E-state index in [1.807, 2.05) is 0 Å². The van der Waals surface area contributed by atoms with E-state index >= 15 is 0 Å². The summed E-state index contributed by atoms with van der Waals surface area (Å²) in [7, 11) is 0. The molecule has 4 aliphatic carbocycles. The molecular weight excluding hydrogens is 580 g/mol. The van der Waals surface area contributed by atoms with Crippen LogP contribution in [0.4, 0.5) is 0 Å². The van der Waals surface area contributed by atoms with E-state index in [4.69, 9.17) is 14.2 Å². The quantitative estimate of drug-likeness (QED) is 0.155. The van der Waals surface area contributed by atoms with Gasteiger partial charge in [-0.05, 0) is 91.3 Å². The van der Waals surface area contributed by atoms with E-state index in [1.165, 1.54) is 6.92 Å². The van der Waals surface area contributed by atoms with Crippen LogP contribution in [0, 0.1) is 46.3 Å². The summed E-state index contributed by atoms with van der Waals surface area (Å²) < 4.78 is 17.6. The minimum atomic E-state index is -1.54. The largest absolute Gasteiger partial charge is 0.466 e. The van der Waals surface area contributed by atoms with Crippen LogP contribution in [-0.4, -0.2) is 98.8 Å². The van der Waals surface area contributed by atoms with Crippen LogP contribution >= 0.6 is 0 Å². The van der Waals surface area contributed by atoms with Crippen LogP contribution in [0.3, 0.4) is 0 Å². The Morgan fingerprint density at radius 2 is 1.78 bits per heavy atom. The first-order chi connectivity index (χ1) is 21.2. The molecule has 5 rings (SSSR count). The average molecular weight is 639 g/mol. The van der Waals surface area contributed by atoms with Crippen molar-refractivity contribution in [1.29, 1.82) is 0 Å². The fourth-order valence-electron chi connectivity index (χ4n) is 10.4. The number of rotatable bonds is 10. The van der Waals surface area contributed by atoms with Gasteiger partial charge in [0.05, 0.1) is 31.5 Å². The average Bonchev–Trinajstić information content (AvgIpc) is 3.27. The zero-order valence-corrected chi connectivity index (χ0v) is 27.8. The SMILES string of the molecule is CC(=O)OCC(C)CCCC(C)C1CC(O)C2C3C(OC4OC(CO)C(O)C(O)C4O)C=C4CC(O)CCC4(C)C3CCC12C. The van der Waals surface area contributed by atoms with Gasteiger partial charge in [0.2, 0.25) is 0 Å². The van der Waals surface area contributed by atoms with Gasteiger partial charge in [-0.2, -0.15) is 0 Å². The third-order valence-electron chi connectivity index (χ3n) is 12.9. The lowest BCUT2D eigenvalue weighted by atomic mass is 9.46. The first kappa shape index (κ1) is 35.2. The molecule has 10 nitrogen and oxygen atoms in total. The molecule has 16 unspecified atom stereocenters. The third-order valence-corrected chi connectivity index (χ3v) is 12.9. The number of aliphatic hydroxyl groups excluding tert-OH is 6. The molecule has 1 aliphatic heterocycles. The van der Waals surface area contributed by atoms with Crippen LogP contribution in [0.15, 0.2) is 11.6 Å². The van der Waals surface area contributed by atoms with Gasteiger partial charge in [0, 0.05) is 6.92 Å². The highest BCUT2D eigenvalue weighted by Gasteiger charge is 2.64. The standard InChI is InChI=1S/C35H58O10/c1-18(17-43-20(3)37)7-6-8-19(2)24-15-25(39)29-28-23(10-12-35(24,29)5)34(4)11-9-22(38)13-21(34)14-26(28)44-33-32(42)31(41)30(40)27(16-36)45-33/h14,18-19,22-33,36,38-42H,6-13,15-17H2,1-5H3. The van der Waals surface area contributed by atoms with Crippen molar-refractivity contribution in [2.75, 3.05) is 13.2 Å². The van der Waals surface area contributed by atoms with Crippen molar-refractivity contribution in [3.05, 3.63) is 11.6 Å². The van der Waals surface area contributed by atoms with E-state index in [2.05, 4.69) is 33.8 Å². The summed E-state index contributed by atoms with van der Waals surface area (Å²) in [5.41, 5.74) is 0.874. The fourth-order valence-corrected chi connectivity index (χ4v) is 10.4. The number of carbonyl (C=O) groups is 1. The number of aliphatic hydroxyl groups is 6. The van der Waals surface area contributed by atoms with E-state index in [0.29, 0.717) is 37.2 Å². The molecule has 16 atom stereocenters. The van der Waals surface area contributed by atoms with E-state index in [0.717, 1.165) is 50.5 Å². The summed E-state index contributed by atoms with van der Waals surface area (Å²) in [6, 6.07) is 0. The second-order valence-electron chi connectivity index (χ2n) is 15.8. The lowest BCUT2D eigenvalue weighted by Crippen LogP contribution is -2.62. The predicted molar refractivity (Wildman–Crippen MR) is 165 cm³/mol. The predicted octanol–water partition coefficient (Wildman–Crippen LogP) is 2.70. The molecule has 0 aromatic heterocycles. The molecule has 0 bridgehead atoms. The monoisotopic (exact) mass is 638 g/mol. The summed E-state index contributed by atoms with van der Waals surface area (Å²) >= 11 is 0. The topological polar surface area (TPSA) is 166 Å². The molecule has 0 radical (unpaired) electrons. The minimum absolute atomic E-state index is 0.0528. The molecule has 6 N–H and O–H groups in total. The van der Waals surface area contributed by atoms with Gasteiger partial charge in [-0.3, -0.25) is 4.79 Å². The normalized spacial score (nSPS) is 47.6. The Kier molecular flexibility index (Phi) is 10.8. The lowest BCUT2D eigenvalue weighted by Gasteiger charge is -2.60. The maximum atomic E-state index is 11.9. The van der Waals surface area contributed by atoms with E-state index in [1.54, 1.807) is 0 Å². The zero-order chi connectivity index (χ0) is 32.8. The Morgan fingerprint density at radius 1 is 1.04 bits per heavy atom. The van der Waals surface area contributed by atoms with E-state index in [9.17, 15) is 35.4 Å². The van der Waals surface area contributed by atoms with Gasteiger partial charge in [0.1, 0.15) is 24.4 Å². The summed E-state index contributed by atoms with van der Waals surface area (Å²) in [6.07, 6.45) is 1.59. The first-order valence-electron chi connectivity index (χ1n) is 17.4. The van der Waals surface area contributed by atoms with E-state index < -0.39 is 55.6 Å². The van der Waals surface area contributed by atoms with E-state index in [-0.39, 0.29) is 34.6 Å². The number of esters is 1. The summed E-state index contributed by atoms with van der Waals surface area (Å²) in [5.74, 6) is 0.838. The molecule has 10 heteroatoms. The number of ether oxygens (including phenoxy) is 3. The molecule has 0 aromatic rings. The molecule has 258 valence electrons. The second-order valence-corrected chi connectivity index (χ2v) is 15.8. The van der Waals surface area contributed by atoms with Crippen molar-refractivity contribution in [1.82, 2.24) is 0 Å². The molecule has 45 heavy (non-hydrogen) atoms. The van der Waals surface area contributed by atoms with Crippen molar-refractivity contribution in [3.63, 3.8) is 0 Å². The number of hydrogen-bond donors (Lipinski definition) is 6. The highest BCUT2D eigenvalue weighted by atomic mass is 16.7. The Hall–Kier alpha value is -1.11. The van der Waals surface area contributed by atoms with Gasteiger partial charge >= 0.3 is 5.97 Å². The molecule has 0 amide bonds. The minimum Gasteiger partial charge on any atom is -0.466 e. The third kappa shape index (κ3) is 6.64. The highest BCUT2D eigenvalue weighted by molar-refractivity contribution is 5.65. The lowest BCUT2D eigenvalue weighted by molar-refractivity contribution is -0.317. The molecule has 1 saturated heterocycles. The highest BCUT2D eigenvalue weighted by Crippen LogP contribution is 2.67. The first-order valence-corrected chi connectivity index (χ1v) is 17.4. The number of carbonyl (C=O) groups excluding carboxylic acids is 1. The molecule has 3 saturated carbocycles. The van der Waals surface area contributed by atoms with Crippen LogP contribution in [0.5, 0.6) is 0 Å². The van der Waals surface area contributed by atoms with Crippen LogP contribution in [0.25, 0.3) is 0 Å². The van der Waals surface area contributed by atoms with Crippen LogP contribution in [0.1, 0.15) is 92.4 Å². The van der Waals surface area contributed by atoms with Crippen molar-refractivity contribution in [2.45, 2.75) is 141 Å². The molecular formula is C35H58O10. The van der Waals surface area contributed by atoms with Gasteiger partial charge in [0.25, 0.3) is 0 Å². The Morgan fingerprint density at radius 3 is 2.47 bits per heavy atom. The van der Waals surface area contributed by atoms with Crippen molar-refractivity contribution in [3.8, 4) is 0 Å². The Labute approximate surface area is 268 Å². The number of hydrogen-bond acceptors (Lipinski definition) is 10. The van der Waals surface area contributed by atoms with Crippen LogP contribution < -0.4 is 0 Å². The van der Waals surface area contributed by atoms with Gasteiger partial charge in [-0.25, -0.2) is 0 Å².